The molecule has 0 aliphatic heterocycles. The summed E-state index contributed by atoms with van der Waals surface area (Å²) in [5, 5.41) is 6.87. The van der Waals surface area contributed by atoms with E-state index in [1.807, 2.05) is 69.3 Å². The number of carbonyl (C=O) groups is 1. The van der Waals surface area contributed by atoms with E-state index in [-0.39, 0.29) is 5.91 Å². The van der Waals surface area contributed by atoms with E-state index in [2.05, 4.69) is 10.5 Å². The van der Waals surface area contributed by atoms with Crippen molar-refractivity contribution in [2.75, 3.05) is 0 Å². The molecule has 1 aromatic heterocycles. The summed E-state index contributed by atoms with van der Waals surface area (Å²) in [6, 6.07) is 15.7. The van der Waals surface area contributed by atoms with E-state index in [0.717, 1.165) is 33.9 Å². The third-order valence-corrected chi connectivity index (χ3v) is 4.46. The second-order valence-electron chi connectivity index (χ2n) is 6.67. The van der Waals surface area contributed by atoms with E-state index in [1.54, 1.807) is 0 Å². The smallest absolute Gasteiger partial charge is 0.224 e. The summed E-state index contributed by atoms with van der Waals surface area (Å²) in [6.07, 6.45) is 0.343. The SMILES string of the molecule is Cc1ccc(CNC(=O)Cc2ccc(OCc3c(C)noc3C)cc2)cc1. The van der Waals surface area contributed by atoms with Crippen molar-refractivity contribution < 1.29 is 14.1 Å². The third kappa shape index (κ3) is 5.20. The molecule has 0 saturated carbocycles. The number of benzene rings is 2. The van der Waals surface area contributed by atoms with E-state index in [1.165, 1.54) is 5.56 Å². The molecule has 0 fully saturated rings. The summed E-state index contributed by atoms with van der Waals surface area (Å²) >= 11 is 0. The summed E-state index contributed by atoms with van der Waals surface area (Å²) in [5.41, 5.74) is 5.06. The molecule has 1 amide bonds. The lowest BCUT2D eigenvalue weighted by molar-refractivity contribution is -0.120. The second-order valence-corrected chi connectivity index (χ2v) is 6.67. The molecular formula is C22H24N2O3. The number of aryl methyl sites for hydroxylation is 3. The molecule has 2 aromatic carbocycles. The van der Waals surface area contributed by atoms with Gasteiger partial charge in [-0.15, -0.1) is 0 Å². The van der Waals surface area contributed by atoms with E-state index < -0.39 is 0 Å². The molecule has 0 unspecified atom stereocenters. The average Bonchev–Trinajstić information content (AvgIpc) is 2.98. The highest BCUT2D eigenvalue weighted by atomic mass is 16.5. The fourth-order valence-electron chi connectivity index (χ4n) is 2.72. The first-order valence-electron chi connectivity index (χ1n) is 8.97. The number of ether oxygens (including phenoxy) is 1. The molecule has 0 radical (unpaired) electrons. The van der Waals surface area contributed by atoms with Gasteiger partial charge in [-0.1, -0.05) is 47.1 Å². The lowest BCUT2D eigenvalue weighted by atomic mass is 10.1. The first-order valence-corrected chi connectivity index (χ1v) is 8.97. The molecule has 1 N–H and O–H groups in total. The van der Waals surface area contributed by atoms with Gasteiger partial charge in [-0.3, -0.25) is 4.79 Å². The number of nitrogens with zero attached hydrogens (tertiary/aromatic N) is 1. The zero-order chi connectivity index (χ0) is 19.2. The Bertz CT molecular complexity index is 877. The highest BCUT2D eigenvalue weighted by Gasteiger charge is 2.10. The highest BCUT2D eigenvalue weighted by molar-refractivity contribution is 5.78. The van der Waals surface area contributed by atoms with E-state index in [9.17, 15) is 4.79 Å². The Labute approximate surface area is 159 Å². The predicted octanol–water partition coefficient (Wildman–Crippen LogP) is 4.04. The molecule has 0 aliphatic carbocycles. The number of nitrogens with one attached hydrogen (secondary N) is 1. The standard InChI is InChI=1S/C22H24N2O3/c1-15-4-6-19(7-5-15)13-23-22(25)12-18-8-10-20(11-9-18)26-14-21-16(2)24-27-17(21)3/h4-11H,12-14H2,1-3H3,(H,23,25). The van der Waals surface area contributed by atoms with Crippen molar-refractivity contribution in [3.05, 3.63) is 82.2 Å². The molecule has 1 heterocycles. The fourth-order valence-corrected chi connectivity index (χ4v) is 2.72. The van der Waals surface area contributed by atoms with Gasteiger partial charge in [-0.25, -0.2) is 0 Å². The summed E-state index contributed by atoms with van der Waals surface area (Å²) in [6.45, 7) is 6.77. The monoisotopic (exact) mass is 364 g/mol. The first kappa shape index (κ1) is 18.7. The van der Waals surface area contributed by atoms with Crippen LogP contribution in [-0.4, -0.2) is 11.1 Å². The topological polar surface area (TPSA) is 64.4 Å². The van der Waals surface area contributed by atoms with E-state index in [0.29, 0.717) is 19.6 Å². The molecule has 3 rings (SSSR count). The maximum Gasteiger partial charge on any atom is 0.224 e. The average molecular weight is 364 g/mol. The summed E-state index contributed by atoms with van der Waals surface area (Å²) in [5.74, 6) is 1.52. The van der Waals surface area contributed by atoms with Crippen molar-refractivity contribution in [1.82, 2.24) is 10.5 Å². The second kappa shape index (κ2) is 8.54. The molecule has 5 heteroatoms. The van der Waals surface area contributed by atoms with Crippen LogP contribution >= 0.6 is 0 Å². The lowest BCUT2D eigenvalue weighted by Gasteiger charge is -2.08. The Hall–Kier alpha value is -3.08. The van der Waals surface area contributed by atoms with Gasteiger partial charge in [0.05, 0.1) is 17.7 Å². The van der Waals surface area contributed by atoms with Crippen LogP contribution in [0.15, 0.2) is 53.1 Å². The number of rotatable bonds is 7. The molecule has 0 saturated heterocycles. The van der Waals surface area contributed by atoms with Crippen LogP contribution < -0.4 is 10.1 Å². The Morgan fingerprint density at radius 2 is 1.67 bits per heavy atom. The van der Waals surface area contributed by atoms with Crippen LogP contribution in [0.1, 0.15) is 33.7 Å². The zero-order valence-electron chi connectivity index (χ0n) is 15.9. The van der Waals surface area contributed by atoms with Crippen LogP contribution in [0, 0.1) is 20.8 Å². The first-order chi connectivity index (χ1) is 13.0. The van der Waals surface area contributed by atoms with Gasteiger partial charge in [0.1, 0.15) is 18.1 Å². The van der Waals surface area contributed by atoms with Gasteiger partial charge in [0.15, 0.2) is 0 Å². The Kier molecular flexibility index (Phi) is 5.91. The van der Waals surface area contributed by atoms with Gasteiger partial charge >= 0.3 is 0 Å². The van der Waals surface area contributed by atoms with Crippen molar-refractivity contribution in [3.8, 4) is 5.75 Å². The predicted molar refractivity (Wildman–Crippen MR) is 103 cm³/mol. The fraction of sp³-hybridized carbons (Fsp3) is 0.273. The minimum absolute atomic E-state index is 0.0000329. The highest BCUT2D eigenvalue weighted by Crippen LogP contribution is 2.18. The molecule has 0 atom stereocenters. The van der Waals surface area contributed by atoms with Crippen LogP contribution in [0.25, 0.3) is 0 Å². The molecule has 0 spiro atoms. The van der Waals surface area contributed by atoms with Gasteiger partial charge in [0.25, 0.3) is 0 Å². The Morgan fingerprint density at radius 1 is 1.00 bits per heavy atom. The van der Waals surface area contributed by atoms with Crippen molar-refractivity contribution in [1.29, 1.82) is 0 Å². The molecule has 140 valence electrons. The summed E-state index contributed by atoms with van der Waals surface area (Å²) < 4.78 is 10.9. The van der Waals surface area contributed by atoms with Gasteiger partial charge in [-0.05, 0) is 44.0 Å². The third-order valence-electron chi connectivity index (χ3n) is 4.46. The lowest BCUT2D eigenvalue weighted by Crippen LogP contribution is -2.24. The molecular weight excluding hydrogens is 340 g/mol. The normalized spacial score (nSPS) is 10.6. The van der Waals surface area contributed by atoms with Gasteiger partial charge in [-0.2, -0.15) is 0 Å². The van der Waals surface area contributed by atoms with Crippen molar-refractivity contribution >= 4 is 5.91 Å². The largest absolute Gasteiger partial charge is 0.489 e. The van der Waals surface area contributed by atoms with Gasteiger partial charge < -0.3 is 14.6 Å². The Morgan fingerprint density at radius 3 is 2.30 bits per heavy atom. The van der Waals surface area contributed by atoms with Crippen LogP contribution in [0.3, 0.4) is 0 Å². The molecule has 3 aromatic rings. The maximum absolute atomic E-state index is 12.1. The Balaban J connectivity index is 1.48. The number of aromatic nitrogens is 1. The van der Waals surface area contributed by atoms with Crippen LogP contribution in [0.2, 0.25) is 0 Å². The van der Waals surface area contributed by atoms with Gasteiger partial charge in [0, 0.05) is 6.54 Å². The summed E-state index contributed by atoms with van der Waals surface area (Å²) in [4.78, 5) is 12.1. The molecule has 0 bridgehead atoms. The number of hydrogen-bond donors (Lipinski definition) is 1. The minimum Gasteiger partial charge on any atom is -0.489 e. The number of hydrogen-bond acceptors (Lipinski definition) is 4. The maximum atomic E-state index is 12.1. The molecule has 0 aliphatic rings. The molecule has 27 heavy (non-hydrogen) atoms. The van der Waals surface area contributed by atoms with Gasteiger partial charge in [0.2, 0.25) is 5.91 Å². The number of amides is 1. The van der Waals surface area contributed by atoms with Crippen LogP contribution in [-0.2, 0) is 24.4 Å². The van der Waals surface area contributed by atoms with E-state index in [4.69, 9.17) is 9.26 Å². The van der Waals surface area contributed by atoms with Crippen LogP contribution in [0.5, 0.6) is 5.75 Å². The summed E-state index contributed by atoms with van der Waals surface area (Å²) in [7, 11) is 0. The van der Waals surface area contributed by atoms with E-state index >= 15 is 0 Å². The molecule has 5 nitrogen and oxygen atoms in total. The van der Waals surface area contributed by atoms with Crippen molar-refractivity contribution in [3.63, 3.8) is 0 Å². The van der Waals surface area contributed by atoms with Crippen molar-refractivity contribution in [2.45, 2.75) is 40.3 Å². The van der Waals surface area contributed by atoms with Crippen molar-refractivity contribution in [2.24, 2.45) is 0 Å². The quantitative estimate of drug-likeness (QED) is 0.687. The number of carbonyl (C=O) groups excluding carboxylic acids is 1. The zero-order valence-corrected chi connectivity index (χ0v) is 15.9. The minimum atomic E-state index is -0.0000329. The van der Waals surface area contributed by atoms with Crippen LogP contribution in [0.4, 0.5) is 0 Å².